The second-order valence-corrected chi connectivity index (χ2v) is 5.79. The van der Waals surface area contributed by atoms with Crippen molar-refractivity contribution in [1.82, 2.24) is 25.3 Å². The number of hydrogen-bond donors (Lipinski definition) is 2. The summed E-state index contributed by atoms with van der Waals surface area (Å²) in [6.45, 7) is 4.25. The second kappa shape index (κ2) is 6.99. The average molecular weight is 342 g/mol. The van der Waals surface area contributed by atoms with Crippen LogP contribution in [0.2, 0.25) is 5.02 Å². The summed E-state index contributed by atoms with van der Waals surface area (Å²) in [4.78, 5) is 37.6. The molecule has 1 fully saturated rings. The highest BCUT2D eigenvalue weighted by Gasteiger charge is 2.34. The van der Waals surface area contributed by atoms with Gasteiger partial charge in [-0.2, -0.15) is 5.10 Å². The Labute approximate surface area is 139 Å². The Balaban J connectivity index is 2.16. The van der Waals surface area contributed by atoms with Gasteiger partial charge in [0.1, 0.15) is 12.6 Å². The number of carbonyl (C=O) groups excluding carboxylic acids is 3. The number of aryl methyl sites for hydroxylation is 1. The monoisotopic (exact) mass is 341 g/mol. The van der Waals surface area contributed by atoms with E-state index in [-0.39, 0.29) is 30.7 Å². The molecule has 126 valence electrons. The number of piperazine rings is 1. The lowest BCUT2D eigenvalue weighted by Crippen LogP contribution is -2.58. The lowest BCUT2D eigenvalue weighted by atomic mass is 10.1. The van der Waals surface area contributed by atoms with Crippen molar-refractivity contribution >= 4 is 29.3 Å². The van der Waals surface area contributed by atoms with Gasteiger partial charge >= 0.3 is 0 Å². The van der Waals surface area contributed by atoms with Gasteiger partial charge in [-0.15, -0.1) is 0 Å². The van der Waals surface area contributed by atoms with E-state index in [2.05, 4.69) is 15.7 Å². The second-order valence-electron chi connectivity index (χ2n) is 5.41. The SMILES string of the molecule is CNC(=O)CC1C(=O)NCCN1C(=O)Cn1nc(C)c(Cl)c1C. The first-order chi connectivity index (χ1) is 10.8. The van der Waals surface area contributed by atoms with Crippen LogP contribution in [-0.2, 0) is 20.9 Å². The van der Waals surface area contributed by atoms with Gasteiger partial charge in [-0.05, 0) is 13.8 Å². The Hall–Kier alpha value is -2.09. The zero-order chi connectivity index (χ0) is 17.1. The Kier molecular flexibility index (Phi) is 5.25. The summed E-state index contributed by atoms with van der Waals surface area (Å²) in [6, 6.07) is -0.802. The highest BCUT2D eigenvalue weighted by Crippen LogP contribution is 2.19. The molecular weight excluding hydrogens is 322 g/mol. The molecule has 9 heteroatoms. The lowest BCUT2D eigenvalue weighted by molar-refractivity contribution is -0.145. The van der Waals surface area contributed by atoms with Crippen molar-refractivity contribution < 1.29 is 14.4 Å². The molecule has 2 N–H and O–H groups in total. The van der Waals surface area contributed by atoms with E-state index in [9.17, 15) is 14.4 Å². The molecule has 0 saturated carbocycles. The van der Waals surface area contributed by atoms with Crippen LogP contribution in [0.25, 0.3) is 0 Å². The van der Waals surface area contributed by atoms with E-state index in [0.717, 1.165) is 0 Å². The van der Waals surface area contributed by atoms with E-state index < -0.39 is 6.04 Å². The number of carbonyl (C=O) groups is 3. The summed E-state index contributed by atoms with van der Waals surface area (Å²) in [6.07, 6.45) is -0.0635. The van der Waals surface area contributed by atoms with E-state index in [1.54, 1.807) is 13.8 Å². The zero-order valence-corrected chi connectivity index (χ0v) is 14.1. The van der Waals surface area contributed by atoms with Gasteiger partial charge in [0.25, 0.3) is 0 Å². The van der Waals surface area contributed by atoms with Gasteiger partial charge in [0.05, 0.1) is 22.8 Å². The normalized spacial score (nSPS) is 17.8. The number of nitrogens with zero attached hydrogens (tertiary/aromatic N) is 3. The number of halogens is 1. The Bertz CT molecular complexity index is 643. The van der Waals surface area contributed by atoms with Crippen molar-refractivity contribution in [3.05, 3.63) is 16.4 Å². The summed E-state index contributed by atoms with van der Waals surface area (Å²) in [5.41, 5.74) is 1.34. The summed E-state index contributed by atoms with van der Waals surface area (Å²) in [5, 5.41) is 9.90. The third-order valence-corrected chi connectivity index (χ3v) is 4.43. The van der Waals surface area contributed by atoms with Gasteiger partial charge in [0.15, 0.2) is 0 Å². The molecule has 0 bridgehead atoms. The molecule has 2 heterocycles. The van der Waals surface area contributed by atoms with Gasteiger partial charge in [-0.25, -0.2) is 0 Å². The molecule has 0 aliphatic carbocycles. The van der Waals surface area contributed by atoms with Crippen molar-refractivity contribution in [2.24, 2.45) is 0 Å². The topological polar surface area (TPSA) is 96.3 Å². The highest BCUT2D eigenvalue weighted by molar-refractivity contribution is 6.31. The molecule has 1 aromatic rings. The molecule has 2 rings (SSSR count). The van der Waals surface area contributed by atoms with E-state index >= 15 is 0 Å². The minimum Gasteiger partial charge on any atom is -0.359 e. The van der Waals surface area contributed by atoms with E-state index in [0.29, 0.717) is 29.5 Å². The smallest absolute Gasteiger partial charge is 0.245 e. The predicted molar refractivity (Wildman–Crippen MR) is 83.9 cm³/mol. The third kappa shape index (κ3) is 3.64. The first-order valence-corrected chi connectivity index (χ1v) is 7.70. The number of nitrogens with one attached hydrogen (secondary N) is 2. The molecule has 1 aliphatic rings. The average Bonchev–Trinajstić information content (AvgIpc) is 2.76. The van der Waals surface area contributed by atoms with Gasteiger partial charge in [-0.1, -0.05) is 11.6 Å². The largest absolute Gasteiger partial charge is 0.359 e. The molecule has 1 atom stereocenters. The fourth-order valence-electron chi connectivity index (χ4n) is 2.54. The molecule has 0 aromatic carbocycles. The number of hydrogen-bond acceptors (Lipinski definition) is 4. The fourth-order valence-corrected chi connectivity index (χ4v) is 2.68. The zero-order valence-electron chi connectivity index (χ0n) is 13.4. The third-order valence-electron chi connectivity index (χ3n) is 3.89. The minimum absolute atomic E-state index is 0.0169. The van der Waals surface area contributed by atoms with E-state index in [4.69, 9.17) is 11.6 Å². The van der Waals surface area contributed by atoms with Crippen molar-refractivity contribution in [1.29, 1.82) is 0 Å². The van der Waals surface area contributed by atoms with Crippen LogP contribution in [0.15, 0.2) is 0 Å². The van der Waals surface area contributed by atoms with E-state index in [1.165, 1.54) is 16.6 Å². The molecule has 1 aliphatic heterocycles. The van der Waals surface area contributed by atoms with Crippen LogP contribution < -0.4 is 10.6 Å². The van der Waals surface area contributed by atoms with Gasteiger partial charge in [0, 0.05) is 20.1 Å². The van der Waals surface area contributed by atoms with E-state index in [1.807, 2.05) is 0 Å². The Morgan fingerprint density at radius 2 is 2.13 bits per heavy atom. The number of rotatable bonds is 4. The van der Waals surface area contributed by atoms with Crippen molar-refractivity contribution in [3.63, 3.8) is 0 Å². The van der Waals surface area contributed by atoms with Crippen molar-refractivity contribution in [2.75, 3.05) is 20.1 Å². The summed E-state index contributed by atoms with van der Waals surface area (Å²) >= 11 is 6.08. The van der Waals surface area contributed by atoms with Gasteiger partial charge in [-0.3, -0.25) is 19.1 Å². The summed E-state index contributed by atoms with van der Waals surface area (Å²) in [5.74, 6) is -0.880. The van der Waals surface area contributed by atoms with Gasteiger partial charge < -0.3 is 15.5 Å². The Morgan fingerprint density at radius 3 is 2.70 bits per heavy atom. The maximum absolute atomic E-state index is 12.6. The van der Waals surface area contributed by atoms with Crippen LogP contribution in [0.4, 0.5) is 0 Å². The quantitative estimate of drug-likeness (QED) is 0.780. The molecule has 1 aromatic heterocycles. The Morgan fingerprint density at radius 1 is 1.43 bits per heavy atom. The minimum atomic E-state index is -0.802. The van der Waals surface area contributed by atoms with Crippen LogP contribution in [-0.4, -0.2) is 58.6 Å². The van der Waals surface area contributed by atoms with Crippen LogP contribution in [0.5, 0.6) is 0 Å². The van der Waals surface area contributed by atoms with Crippen LogP contribution in [0.1, 0.15) is 17.8 Å². The molecule has 3 amide bonds. The van der Waals surface area contributed by atoms with Crippen molar-refractivity contribution in [2.45, 2.75) is 32.9 Å². The fraction of sp³-hybridized carbons (Fsp3) is 0.571. The molecular formula is C14H20ClN5O3. The number of aromatic nitrogens is 2. The summed E-state index contributed by atoms with van der Waals surface area (Å²) < 4.78 is 1.52. The van der Waals surface area contributed by atoms with Crippen LogP contribution >= 0.6 is 11.6 Å². The van der Waals surface area contributed by atoms with Crippen LogP contribution in [0, 0.1) is 13.8 Å². The molecule has 1 saturated heterocycles. The molecule has 23 heavy (non-hydrogen) atoms. The summed E-state index contributed by atoms with van der Waals surface area (Å²) in [7, 11) is 1.49. The first kappa shape index (κ1) is 17.3. The lowest BCUT2D eigenvalue weighted by Gasteiger charge is -2.34. The number of amides is 3. The molecule has 1 unspecified atom stereocenters. The first-order valence-electron chi connectivity index (χ1n) is 7.32. The predicted octanol–water partition coefficient (Wildman–Crippen LogP) is -0.384. The van der Waals surface area contributed by atoms with Crippen molar-refractivity contribution in [3.8, 4) is 0 Å². The molecule has 8 nitrogen and oxygen atoms in total. The van der Waals surface area contributed by atoms with Crippen LogP contribution in [0.3, 0.4) is 0 Å². The standard InChI is InChI=1S/C14H20ClN5O3/c1-8-13(15)9(2)20(18-8)7-12(22)19-5-4-17-14(23)10(19)6-11(21)16-3/h10H,4-7H2,1-3H3,(H,16,21)(H,17,23). The molecule has 0 spiro atoms. The highest BCUT2D eigenvalue weighted by atomic mass is 35.5. The molecule has 0 radical (unpaired) electrons. The van der Waals surface area contributed by atoms with Gasteiger partial charge in [0.2, 0.25) is 17.7 Å². The maximum Gasteiger partial charge on any atom is 0.245 e. The maximum atomic E-state index is 12.6.